The Labute approximate surface area is 297 Å². The standard InChI is InChI=1S/C48H29N3O/c1-6-16-41-33(11-1)34-12-2-7-17-42(34)49(41)30-21-23-31(24-22-30)50-43-18-8-3-13-35(43)38-29-46-39(28-45(38)50)36-14-4-9-19-44(36)51(46)32-25-26-48-40(27-32)37-15-5-10-20-47(37)52-48/h1-29H. The molecule has 0 saturated heterocycles. The van der Waals surface area contributed by atoms with E-state index in [0.717, 1.165) is 39.0 Å². The molecule has 0 saturated carbocycles. The topological polar surface area (TPSA) is 27.9 Å². The lowest BCUT2D eigenvalue weighted by Gasteiger charge is -2.12. The molecule has 0 unspecified atom stereocenters. The first-order valence-electron chi connectivity index (χ1n) is 17.8. The molecule has 0 fully saturated rings. The fourth-order valence-electron chi connectivity index (χ4n) is 8.79. The first-order chi connectivity index (χ1) is 25.8. The van der Waals surface area contributed by atoms with Crippen LogP contribution in [0.2, 0.25) is 0 Å². The molecule has 4 aromatic heterocycles. The highest BCUT2D eigenvalue weighted by molar-refractivity contribution is 6.19. The van der Waals surface area contributed by atoms with Crippen molar-refractivity contribution in [2.45, 2.75) is 0 Å². The van der Waals surface area contributed by atoms with Gasteiger partial charge in [-0.3, -0.25) is 0 Å². The Bertz CT molecular complexity index is 3350. The largest absolute Gasteiger partial charge is 0.456 e. The van der Waals surface area contributed by atoms with Crippen LogP contribution < -0.4 is 0 Å². The van der Waals surface area contributed by atoms with E-state index in [9.17, 15) is 0 Å². The molecule has 0 radical (unpaired) electrons. The molecule has 12 rings (SSSR count). The maximum Gasteiger partial charge on any atom is 0.135 e. The van der Waals surface area contributed by atoms with Gasteiger partial charge < -0.3 is 18.1 Å². The molecule has 4 nitrogen and oxygen atoms in total. The minimum atomic E-state index is 0.903. The van der Waals surface area contributed by atoms with Crippen molar-refractivity contribution in [3.8, 4) is 17.1 Å². The van der Waals surface area contributed by atoms with Crippen molar-refractivity contribution in [3.63, 3.8) is 0 Å². The van der Waals surface area contributed by atoms with Gasteiger partial charge in [0.1, 0.15) is 11.2 Å². The number of benzene rings is 8. The van der Waals surface area contributed by atoms with E-state index in [1.54, 1.807) is 0 Å². The Morgan fingerprint density at radius 3 is 1.13 bits per heavy atom. The number of hydrogen-bond donors (Lipinski definition) is 0. The van der Waals surface area contributed by atoms with Crippen molar-refractivity contribution in [3.05, 3.63) is 176 Å². The SMILES string of the molecule is c1ccc2c(c1)oc1ccc(-n3c4ccccc4c4cc5c(cc43)c3ccccc3n5-c3ccc(-n4c5ccccc5c5ccccc54)cc3)cc12. The van der Waals surface area contributed by atoms with E-state index in [0.29, 0.717) is 0 Å². The Morgan fingerprint density at radius 2 is 0.615 bits per heavy atom. The minimum absolute atomic E-state index is 0.903. The summed E-state index contributed by atoms with van der Waals surface area (Å²) < 4.78 is 13.4. The van der Waals surface area contributed by atoms with Crippen molar-refractivity contribution in [1.82, 2.24) is 13.7 Å². The molecule has 52 heavy (non-hydrogen) atoms. The fourth-order valence-corrected chi connectivity index (χ4v) is 8.79. The lowest BCUT2D eigenvalue weighted by atomic mass is 10.1. The molecular weight excluding hydrogens is 635 g/mol. The van der Waals surface area contributed by atoms with Crippen LogP contribution in [0.1, 0.15) is 0 Å². The van der Waals surface area contributed by atoms with E-state index in [-0.39, 0.29) is 0 Å². The van der Waals surface area contributed by atoms with Crippen LogP contribution in [-0.4, -0.2) is 13.7 Å². The zero-order valence-electron chi connectivity index (χ0n) is 28.0. The van der Waals surface area contributed by atoms with Crippen molar-refractivity contribution >= 4 is 87.4 Å². The van der Waals surface area contributed by atoms with E-state index in [4.69, 9.17) is 4.42 Å². The zero-order chi connectivity index (χ0) is 33.9. The molecule has 0 spiro atoms. The normalized spacial score (nSPS) is 12.2. The lowest BCUT2D eigenvalue weighted by molar-refractivity contribution is 0.669. The summed E-state index contributed by atoms with van der Waals surface area (Å²) in [6.45, 7) is 0. The Balaban J connectivity index is 1.09. The fraction of sp³-hybridized carbons (Fsp3) is 0. The molecule has 242 valence electrons. The molecule has 0 aliphatic heterocycles. The van der Waals surface area contributed by atoms with Crippen LogP contribution in [0.5, 0.6) is 0 Å². The molecule has 0 N–H and O–H groups in total. The van der Waals surface area contributed by atoms with Gasteiger partial charge in [0.15, 0.2) is 0 Å². The van der Waals surface area contributed by atoms with Crippen LogP contribution in [0, 0.1) is 0 Å². The number of furan rings is 1. The summed E-state index contributed by atoms with van der Waals surface area (Å²) in [5.74, 6) is 0. The lowest BCUT2D eigenvalue weighted by Crippen LogP contribution is -1.97. The van der Waals surface area contributed by atoms with E-state index >= 15 is 0 Å². The van der Waals surface area contributed by atoms with Crippen molar-refractivity contribution < 1.29 is 4.42 Å². The van der Waals surface area contributed by atoms with Crippen LogP contribution in [0.25, 0.3) is 104 Å². The average Bonchev–Trinajstić information content (AvgIpc) is 3.93. The third kappa shape index (κ3) is 3.70. The van der Waals surface area contributed by atoms with E-state index in [2.05, 4.69) is 177 Å². The van der Waals surface area contributed by atoms with Gasteiger partial charge in [0, 0.05) is 60.2 Å². The van der Waals surface area contributed by atoms with Crippen LogP contribution in [0.3, 0.4) is 0 Å². The number of fused-ring (bicyclic) bond motifs is 12. The van der Waals surface area contributed by atoms with Gasteiger partial charge in [-0.25, -0.2) is 0 Å². The summed E-state index contributed by atoms with van der Waals surface area (Å²) >= 11 is 0. The van der Waals surface area contributed by atoms with E-state index < -0.39 is 0 Å². The predicted molar refractivity (Wildman–Crippen MR) is 217 cm³/mol. The number of para-hydroxylation sites is 5. The van der Waals surface area contributed by atoms with Gasteiger partial charge in [0.2, 0.25) is 0 Å². The number of nitrogens with zero attached hydrogens (tertiary/aromatic N) is 3. The summed E-state index contributed by atoms with van der Waals surface area (Å²) in [6.07, 6.45) is 0. The summed E-state index contributed by atoms with van der Waals surface area (Å²) in [7, 11) is 0. The van der Waals surface area contributed by atoms with E-state index in [1.165, 1.54) is 65.4 Å². The highest BCUT2D eigenvalue weighted by atomic mass is 16.3. The maximum atomic E-state index is 6.20. The molecule has 0 atom stereocenters. The van der Waals surface area contributed by atoms with Crippen molar-refractivity contribution in [2.75, 3.05) is 0 Å². The highest BCUT2D eigenvalue weighted by Gasteiger charge is 2.20. The third-order valence-electron chi connectivity index (χ3n) is 11.0. The van der Waals surface area contributed by atoms with Crippen LogP contribution in [0.15, 0.2) is 180 Å². The summed E-state index contributed by atoms with van der Waals surface area (Å²) in [5.41, 5.74) is 12.4. The molecule has 8 aromatic carbocycles. The quantitative estimate of drug-likeness (QED) is 0.185. The molecule has 4 heterocycles. The van der Waals surface area contributed by atoms with Gasteiger partial charge in [-0.15, -0.1) is 0 Å². The summed E-state index contributed by atoms with van der Waals surface area (Å²) in [6, 6.07) is 63.6. The molecule has 12 aromatic rings. The van der Waals surface area contributed by atoms with Crippen LogP contribution in [-0.2, 0) is 0 Å². The van der Waals surface area contributed by atoms with Crippen LogP contribution >= 0.6 is 0 Å². The van der Waals surface area contributed by atoms with Crippen molar-refractivity contribution in [2.24, 2.45) is 0 Å². The maximum absolute atomic E-state index is 6.20. The summed E-state index contributed by atoms with van der Waals surface area (Å²) in [4.78, 5) is 0. The monoisotopic (exact) mass is 663 g/mol. The second-order valence-corrected chi connectivity index (χ2v) is 13.8. The minimum Gasteiger partial charge on any atom is -0.456 e. The second-order valence-electron chi connectivity index (χ2n) is 13.8. The third-order valence-corrected chi connectivity index (χ3v) is 11.0. The molecule has 0 aliphatic carbocycles. The first kappa shape index (κ1) is 27.7. The summed E-state index contributed by atoms with van der Waals surface area (Å²) in [5, 5.41) is 9.72. The van der Waals surface area contributed by atoms with E-state index in [1.807, 2.05) is 12.1 Å². The van der Waals surface area contributed by atoms with Gasteiger partial charge in [-0.1, -0.05) is 91.0 Å². The molecule has 0 amide bonds. The highest BCUT2D eigenvalue weighted by Crippen LogP contribution is 2.41. The Kier molecular flexibility index (Phi) is 5.47. The first-order valence-corrected chi connectivity index (χ1v) is 17.8. The van der Waals surface area contributed by atoms with Gasteiger partial charge in [0.25, 0.3) is 0 Å². The molecular formula is C48H29N3O. The molecule has 0 bridgehead atoms. The molecule has 0 aliphatic rings. The van der Waals surface area contributed by atoms with Gasteiger partial charge in [-0.2, -0.15) is 0 Å². The predicted octanol–water partition coefficient (Wildman–Crippen LogP) is 12.9. The number of hydrogen-bond acceptors (Lipinski definition) is 1. The van der Waals surface area contributed by atoms with Gasteiger partial charge >= 0.3 is 0 Å². The average molecular weight is 664 g/mol. The van der Waals surface area contributed by atoms with Gasteiger partial charge in [0.05, 0.1) is 33.1 Å². The Hall–Kier alpha value is -7.04. The van der Waals surface area contributed by atoms with Crippen molar-refractivity contribution in [1.29, 1.82) is 0 Å². The second kappa shape index (κ2) is 10.3. The smallest absolute Gasteiger partial charge is 0.135 e. The number of aromatic nitrogens is 3. The Morgan fingerprint density at radius 1 is 0.250 bits per heavy atom. The van der Waals surface area contributed by atoms with Gasteiger partial charge in [-0.05, 0) is 84.9 Å². The number of rotatable bonds is 3. The van der Waals surface area contributed by atoms with Crippen LogP contribution in [0.4, 0.5) is 0 Å². The zero-order valence-corrected chi connectivity index (χ0v) is 28.0. The molecule has 4 heteroatoms.